The van der Waals surface area contributed by atoms with Gasteiger partial charge in [0.1, 0.15) is 0 Å². The van der Waals surface area contributed by atoms with E-state index in [1.807, 2.05) is 6.07 Å². The second-order valence-electron chi connectivity index (χ2n) is 5.65. The first-order valence-corrected chi connectivity index (χ1v) is 8.02. The van der Waals surface area contributed by atoms with Gasteiger partial charge in [0, 0.05) is 12.1 Å². The molecule has 0 aromatic heterocycles. The van der Waals surface area contributed by atoms with Crippen LogP contribution >= 0.6 is 11.6 Å². The van der Waals surface area contributed by atoms with E-state index in [1.165, 1.54) is 24.3 Å². The molecule has 0 bridgehead atoms. The van der Waals surface area contributed by atoms with E-state index in [1.54, 1.807) is 12.1 Å². The third-order valence-corrected chi connectivity index (χ3v) is 4.20. The Labute approximate surface area is 146 Å². The molecular weight excluding hydrogens is 326 g/mol. The molecular formula is C19H20ClNO3. The number of ether oxygens (including phenoxy) is 1. The number of halogens is 1. The average Bonchev–Trinajstić information content (AvgIpc) is 2.57. The highest BCUT2D eigenvalue weighted by atomic mass is 35.5. The lowest BCUT2D eigenvalue weighted by Crippen LogP contribution is -2.13. The Morgan fingerprint density at radius 3 is 2.50 bits per heavy atom. The number of amides is 1. The Balaban J connectivity index is 1.99. The van der Waals surface area contributed by atoms with Crippen LogP contribution in [-0.2, 0) is 16.0 Å². The number of benzene rings is 2. The number of esters is 1. The van der Waals surface area contributed by atoms with Gasteiger partial charge in [-0.05, 0) is 55.2 Å². The van der Waals surface area contributed by atoms with Crippen LogP contribution in [0, 0.1) is 13.8 Å². The van der Waals surface area contributed by atoms with Crippen molar-refractivity contribution in [3.63, 3.8) is 0 Å². The van der Waals surface area contributed by atoms with E-state index in [4.69, 9.17) is 11.6 Å². The third-order valence-electron chi connectivity index (χ3n) is 3.87. The molecule has 2 rings (SSSR count). The SMILES string of the molecule is COC(=O)c1cc(NC(=O)CCc2ccc(C)c(C)c2)ccc1Cl. The Morgan fingerprint density at radius 2 is 1.83 bits per heavy atom. The van der Waals surface area contributed by atoms with Crippen molar-refractivity contribution in [3.05, 3.63) is 63.7 Å². The molecule has 0 aliphatic rings. The molecule has 0 saturated carbocycles. The van der Waals surface area contributed by atoms with Crippen molar-refractivity contribution in [1.29, 1.82) is 0 Å². The molecule has 0 fully saturated rings. The first kappa shape index (κ1) is 18.0. The molecule has 5 heteroatoms. The van der Waals surface area contributed by atoms with Crippen LogP contribution in [0.2, 0.25) is 5.02 Å². The molecule has 4 nitrogen and oxygen atoms in total. The summed E-state index contributed by atoms with van der Waals surface area (Å²) < 4.78 is 4.67. The van der Waals surface area contributed by atoms with E-state index in [-0.39, 0.29) is 16.5 Å². The lowest BCUT2D eigenvalue weighted by atomic mass is 10.0. The summed E-state index contributed by atoms with van der Waals surface area (Å²) in [5, 5.41) is 3.07. The number of aryl methyl sites for hydroxylation is 3. The van der Waals surface area contributed by atoms with Crippen LogP contribution < -0.4 is 5.32 Å². The van der Waals surface area contributed by atoms with Crippen molar-refractivity contribution in [2.75, 3.05) is 12.4 Å². The Hall–Kier alpha value is -2.33. The molecule has 0 radical (unpaired) electrons. The fraction of sp³-hybridized carbons (Fsp3) is 0.263. The van der Waals surface area contributed by atoms with E-state index in [0.29, 0.717) is 18.5 Å². The van der Waals surface area contributed by atoms with Crippen LogP contribution in [0.3, 0.4) is 0 Å². The summed E-state index contributed by atoms with van der Waals surface area (Å²) in [5.41, 5.74) is 4.32. The molecule has 0 atom stereocenters. The van der Waals surface area contributed by atoms with Gasteiger partial charge in [-0.3, -0.25) is 4.79 Å². The predicted molar refractivity (Wildman–Crippen MR) is 95.7 cm³/mol. The van der Waals surface area contributed by atoms with Crippen LogP contribution in [-0.4, -0.2) is 19.0 Å². The third kappa shape index (κ3) is 4.59. The summed E-state index contributed by atoms with van der Waals surface area (Å²) in [5.74, 6) is -0.655. The van der Waals surface area contributed by atoms with Crippen LogP contribution in [0.4, 0.5) is 5.69 Å². The zero-order chi connectivity index (χ0) is 17.7. The first-order chi connectivity index (χ1) is 11.4. The summed E-state index contributed by atoms with van der Waals surface area (Å²) in [4.78, 5) is 23.7. The minimum atomic E-state index is -0.536. The Morgan fingerprint density at radius 1 is 1.08 bits per heavy atom. The zero-order valence-electron chi connectivity index (χ0n) is 14.0. The quantitative estimate of drug-likeness (QED) is 0.821. The number of hydrogen-bond donors (Lipinski definition) is 1. The average molecular weight is 346 g/mol. The lowest BCUT2D eigenvalue weighted by molar-refractivity contribution is -0.116. The molecule has 0 saturated heterocycles. The highest BCUT2D eigenvalue weighted by molar-refractivity contribution is 6.33. The summed E-state index contributed by atoms with van der Waals surface area (Å²) >= 11 is 5.96. The highest BCUT2D eigenvalue weighted by Crippen LogP contribution is 2.21. The predicted octanol–water partition coefficient (Wildman–Crippen LogP) is 4.31. The van der Waals surface area contributed by atoms with Gasteiger partial charge >= 0.3 is 5.97 Å². The van der Waals surface area contributed by atoms with Gasteiger partial charge < -0.3 is 10.1 Å². The number of carbonyl (C=O) groups is 2. The molecule has 0 unspecified atom stereocenters. The van der Waals surface area contributed by atoms with Crippen LogP contribution in [0.5, 0.6) is 0 Å². The molecule has 1 N–H and O–H groups in total. The molecule has 126 valence electrons. The van der Waals surface area contributed by atoms with Gasteiger partial charge in [0.2, 0.25) is 5.91 Å². The molecule has 0 aliphatic heterocycles. The molecule has 2 aromatic rings. The van der Waals surface area contributed by atoms with Gasteiger partial charge in [0.05, 0.1) is 17.7 Å². The molecule has 2 aromatic carbocycles. The summed E-state index contributed by atoms with van der Waals surface area (Å²) in [6.07, 6.45) is 1.02. The zero-order valence-corrected chi connectivity index (χ0v) is 14.7. The van der Waals surface area contributed by atoms with E-state index in [0.717, 1.165) is 5.56 Å². The Kier molecular flexibility index (Phi) is 5.99. The largest absolute Gasteiger partial charge is 0.465 e. The monoisotopic (exact) mass is 345 g/mol. The number of rotatable bonds is 5. The maximum absolute atomic E-state index is 12.1. The lowest BCUT2D eigenvalue weighted by Gasteiger charge is -2.09. The summed E-state index contributed by atoms with van der Waals surface area (Å²) in [7, 11) is 1.29. The van der Waals surface area contributed by atoms with Crippen LogP contribution in [0.25, 0.3) is 0 Å². The van der Waals surface area contributed by atoms with Gasteiger partial charge in [0.15, 0.2) is 0 Å². The van der Waals surface area contributed by atoms with Crippen molar-refractivity contribution in [3.8, 4) is 0 Å². The normalized spacial score (nSPS) is 10.3. The first-order valence-electron chi connectivity index (χ1n) is 7.64. The van der Waals surface area contributed by atoms with Gasteiger partial charge in [-0.25, -0.2) is 4.79 Å². The number of methoxy groups -OCH3 is 1. The van der Waals surface area contributed by atoms with Gasteiger partial charge in [-0.1, -0.05) is 29.8 Å². The highest BCUT2D eigenvalue weighted by Gasteiger charge is 2.12. The topological polar surface area (TPSA) is 55.4 Å². The standard InChI is InChI=1S/C19H20ClNO3/c1-12-4-5-14(10-13(12)2)6-9-18(22)21-15-7-8-17(20)16(11-15)19(23)24-3/h4-5,7-8,10-11H,6,9H2,1-3H3,(H,21,22). The second kappa shape index (κ2) is 7.97. The van der Waals surface area contributed by atoms with E-state index in [9.17, 15) is 9.59 Å². The Bertz CT molecular complexity index is 771. The van der Waals surface area contributed by atoms with Crippen LogP contribution in [0.15, 0.2) is 36.4 Å². The van der Waals surface area contributed by atoms with Crippen molar-refractivity contribution in [2.24, 2.45) is 0 Å². The maximum atomic E-state index is 12.1. The fourth-order valence-corrected chi connectivity index (χ4v) is 2.50. The van der Waals surface area contributed by atoms with Crippen molar-refractivity contribution in [2.45, 2.75) is 26.7 Å². The minimum absolute atomic E-state index is 0.119. The molecule has 0 spiro atoms. The van der Waals surface area contributed by atoms with Crippen molar-refractivity contribution in [1.82, 2.24) is 0 Å². The minimum Gasteiger partial charge on any atom is -0.465 e. The molecule has 1 amide bonds. The van der Waals surface area contributed by atoms with E-state index in [2.05, 4.69) is 36.0 Å². The molecule has 0 heterocycles. The van der Waals surface area contributed by atoms with Crippen molar-refractivity contribution >= 4 is 29.2 Å². The fourth-order valence-electron chi connectivity index (χ4n) is 2.31. The number of anilines is 1. The van der Waals surface area contributed by atoms with E-state index < -0.39 is 5.97 Å². The van der Waals surface area contributed by atoms with Gasteiger partial charge in [-0.15, -0.1) is 0 Å². The second-order valence-corrected chi connectivity index (χ2v) is 6.06. The maximum Gasteiger partial charge on any atom is 0.339 e. The summed E-state index contributed by atoms with van der Waals surface area (Å²) in [6.45, 7) is 4.12. The smallest absolute Gasteiger partial charge is 0.339 e. The molecule has 0 aliphatic carbocycles. The van der Waals surface area contributed by atoms with Crippen LogP contribution in [0.1, 0.15) is 33.5 Å². The van der Waals surface area contributed by atoms with Crippen molar-refractivity contribution < 1.29 is 14.3 Å². The molecule has 24 heavy (non-hydrogen) atoms. The number of hydrogen-bond acceptors (Lipinski definition) is 3. The van der Waals surface area contributed by atoms with Gasteiger partial charge in [-0.2, -0.15) is 0 Å². The summed E-state index contributed by atoms with van der Waals surface area (Å²) in [6, 6.07) is 10.9. The van der Waals surface area contributed by atoms with Gasteiger partial charge in [0.25, 0.3) is 0 Å². The van der Waals surface area contributed by atoms with E-state index >= 15 is 0 Å². The number of nitrogens with one attached hydrogen (secondary N) is 1. The number of carbonyl (C=O) groups excluding carboxylic acids is 2.